The first-order valence-corrected chi connectivity index (χ1v) is 2.93. The van der Waals surface area contributed by atoms with Crippen LogP contribution in [0.15, 0.2) is 24.4 Å². The summed E-state index contributed by atoms with van der Waals surface area (Å²) in [6, 6.07) is 4.94. The van der Waals surface area contributed by atoms with E-state index in [0.29, 0.717) is 0 Å². The van der Waals surface area contributed by atoms with E-state index in [-0.39, 0.29) is 29.7 Å². The van der Waals surface area contributed by atoms with E-state index in [2.05, 4.69) is 4.98 Å². The molecular weight excluding hydrogens is 267 g/mol. The van der Waals surface area contributed by atoms with Crippen LogP contribution in [0.5, 0.6) is 0 Å². The van der Waals surface area contributed by atoms with E-state index in [9.17, 15) is 4.39 Å². The van der Waals surface area contributed by atoms with Crippen LogP contribution in [0.25, 0.3) is 0 Å². The van der Waals surface area contributed by atoms with Gasteiger partial charge in [0, 0.05) is 6.20 Å². The lowest BCUT2D eigenvalue weighted by molar-refractivity contribution is 0.451. The van der Waals surface area contributed by atoms with Crippen LogP contribution in [0.4, 0.5) is 4.39 Å². The molecule has 0 amide bonds. The van der Waals surface area contributed by atoms with Gasteiger partial charge in [-0.2, -0.15) is 0 Å². The van der Waals surface area contributed by atoms with E-state index in [1.54, 1.807) is 12.1 Å². The Balaban J connectivity index is 0.000000810. The largest absolute Gasteiger partial charge is 0.257 e. The number of hydrogen-bond acceptors (Lipinski definition) is 1. The minimum absolute atomic E-state index is 0. The lowest BCUT2D eigenvalue weighted by Gasteiger charge is -1.94. The van der Waals surface area contributed by atoms with E-state index < -0.39 is 5.63 Å². The molecule has 10 heavy (non-hydrogen) atoms. The van der Waals surface area contributed by atoms with Gasteiger partial charge in [-0.3, -0.25) is 4.98 Å². The fourth-order valence-electron chi connectivity index (χ4n) is 0.505. The Morgan fingerprint density at radius 3 is 2.50 bits per heavy atom. The van der Waals surface area contributed by atoms with Crippen molar-refractivity contribution in [1.29, 1.82) is 0 Å². The van der Waals surface area contributed by atoms with Gasteiger partial charge < -0.3 is 0 Å². The second-order valence-electron chi connectivity index (χ2n) is 1.56. The van der Waals surface area contributed by atoms with Crippen molar-refractivity contribution in [2.24, 2.45) is 0 Å². The highest BCUT2D eigenvalue weighted by molar-refractivity contribution is 14.0. The summed E-state index contributed by atoms with van der Waals surface area (Å²) in [5.74, 6) is 0. The molecule has 0 bridgehead atoms. The van der Waals surface area contributed by atoms with Crippen molar-refractivity contribution < 1.29 is 4.39 Å². The van der Waals surface area contributed by atoms with Crippen LogP contribution >= 0.6 is 35.6 Å². The third kappa shape index (κ3) is 2.79. The zero-order valence-corrected chi connectivity index (χ0v) is 8.08. The minimum atomic E-state index is -1.48. The van der Waals surface area contributed by atoms with Crippen LogP contribution in [-0.2, 0) is 0 Å². The van der Waals surface area contributed by atoms with Crippen LogP contribution in [0.3, 0.4) is 0 Å². The van der Waals surface area contributed by atoms with Gasteiger partial charge in [0.2, 0.25) is 5.63 Å². The number of aromatic nitrogens is 1. The molecule has 1 aromatic heterocycles. The number of halogens is 3. The Bertz CT molecular complexity index is 180. The monoisotopic (exact) mass is 273 g/mol. The molecule has 0 aromatic carbocycles. The smallest absolute Gasteiger partial charge is 0.215 e. The number of hydrogen-bond donors (Lipinski definition) is 0. The van der Waals surface area contributed by atoms with E-state index in [0.717, 1.165) is 0 Å². The zero-order chi connectivity index (χ0) is 6.69. The standard InChI is InChI=1S/C6H5ClFN.HI/c7-6(8)5-3-1-2-4-9-5;/h1-4,6H;1H. The first-order valence-electron chi connectivity index (χ1n) is 2.50. The normalized spacial score (nSPS) is 11.8. The van der Waals surface area contributed by atoms with Crippen molar-refractivity contribution in [3.8, 4) is 0 Å². The molecule has 0 fully saturated rings. The Morgan fingerprint density at radius 1 is 1.50 bits per heavy atom. The van der Waals surface area contributed by atoms with Crippen molar-refractivity contribution in [2.45, 2.75) is 5.63 Å². The maximum atomic E-state index is 12.1. The van der Waals surface area contributed by atoms with Gasteiger partial charge in [0.05, 0.1) is 5.69 Å². The highest BCUT2D eigenvalue weighted by atomic mass is 127. The van der Waals surface area contributed by atoms with E-state index in [4.69, 9.17) is 11.6 Å². The number of pyridine rings is 1. The van der Waals surface area contributed by atoms with Crippen LogP contribution in [0.2, 0.25) is 0 Å². The molecule has 1 unspecified atom stereocenters. The van der Waals surface area contributed by atoms with E-state index >= 15 is 0 Å². The van der Waals surface area contributed by atoms with Crippen LogP contribution in [-0.4, -0.2) is 4.98 Å². The van der Waals surface area contributed by atoms with E-state index in [1.165, 1.54) is 12.3 Å². The molecule has 1 aromatic rings. The van der Waals surface area contributed by atoms with Gasteiger partial charge in [-0.25, -0.2) is 4.39 Å². The number of nitrogens with zero attached hydrogens (tertiary/aromatic N) is 1. The third-order valence-electron chi connectivity index (χ3n) is 0.911. The summed E-state index contributed by atoms with van der Waals surface area (Å²) in [7, 11) is 0. The van der Waals surface area contributed by atoms with Gasteiger partial charge in [0.25, 0.3) is 0 Å². The molecular formula is C6H6ClFIN. The van der Waals surface area contributed by atoms with Crippen LogP contribution in [0, 0.1) is 0 Å². The zero-order valence-electron chi connectivity index (χ0n) is 5.00. The van der Waals surface area contributed by atoms with E-state index in [1.807, 2.05) is 0 Å². The average Bonchev–Trinajstić information content (AvgIpc) is 1.90. The van der Waals surface area contributed by atoms with Crippen molar-refractivity contribution in [1.82, 2.24) is 4.98 Å². The Kier molecular flexibility index (Phi) is 4.89. The average molecular weight is 273 g/mol. The summed E-state index contributed by atoms with van der Waals surface area (Å²) in [4.78, 5) is 3.67. The minimum Gasteiger partial charge on any atom is -0.257 e. The van der Waals surface area contributed by atoms with Gasteiger partial charge in [-0.1, -0.05) is 17.7 Å². The maximum absolute atomic E-state index is 12.1. The van der Waals surface area contributed by atoms with Gasteiger partial charge in [0.1, 0.15) is 0 Å². The molecule has 1 rings (SSSR count). The summed E-state index contributed by atoms with van der Waals surface area (Å²) < 4.78 is 12.1. The molecule has 0 saturated carbocycles. The van der Waals surface area contributed by atoms with Gasteiger partial charge in [0.15, 0.2) is 0 Å². The van der Waals surface area contributed by atoms with Crippen LogP contribution < -0.4 is 0 Å². The first kappa shape index (κ1) is 10.1. The first-order chi connectivity index (χ1) is 4.30. The highest BCUT2D eigenvalue weighted by Crippen LogP contribution is 2.17. The predicted octanol–water partition coefficient (Wildman–Crippen LogP) is 2.91. The Labute approximate surface area is 80.6 Å². The third-order valence-corrected chi connectivity index (χ3v) is 1.13. The lowest BCUT2D eigenvalue weighted by atomic mass is 10.4. The summed E-state index contributed by atoms with van der Waals surface area (Å²) in [6.45, 7) is 0. The fourth-order valence-corrected chi connectivity index (χ4v) is 0.634. The molecule has 1 atom stereocenters. The van der Waals surface area contributed by atoms with Crippen molar-refractivity contribution in [2.75, 3.05) is 0 Å². The second kappa shape index (κ2) is 4.85. The molecule has 0 aliphatic carbocycles. The molecule has 0 spiro atoms. The number of alkyl halides is 2. The molecule has 1 nitrogen and oxygen atoms in total. The molecule has 4 heteroatoms. The highest BCUT2D eigenvalue weighted by Gasteiger charge is 2.02. The Morgan fingerprint density at radius 2 is 2.20 bits per heavy atom. The molecule has 0 aliphatic rings. The molecule has 0 N–H and O–H groups in total. The molecule has 0 saturated heterocycles. The van der Waals surface area contributed by atoms with Crippen LogP contribution in [0.1, 0.15) is 11.3 Å². The molecule has 56 valence electrons. The predicted molar refractivity (Wildman–Crippen MR) is 49.4 cm³/mol. The SMILES string of the molecule is FC(Cl)c1ccccn1.I. The molecule has 0 aliphatic heterocycles. The van der Waals surface area contributed by atoms with Gasteiger partial charge >= 0.3 is 0 Å². The Hall–Kier alpha value is 0.1000. The van der Waals surface area contributed by atoms with Crippen molar-refractivity contribution >= 4 is 35.6 Å². The number of rotatable bonds is 1. The molecule has 1 heterocycles. The van der Waals surface area contributed by atoms with Crippen molar-refractivity contribution in [3.05, 3.63) is 30.1 Å². The second-order valence-corrected chi connectivity index (χ2v) is 1.94. The summed E-state index contributed by atoms with van der Waals surface area (Å²) >= 11 is 5.07. The molecule has 0 radical (unpaired) electrons. The summed E-state index contributed by atoms with van der Waals surface area (Å²) in [6.07, 6.45) is 1.50. The topological polar surface area (TPSA) is 12.9 Å². The van der Waals surface area contributed by atoms with Gasteiger partial charge in [-0.15, -0.1) is 24.0 Å². The summed E-state index contributed by atoms with van der Waals surface area (Å²) in [5, 5.41) is 0. The maximum Gasteiger partial charge on any atom is 0.215 e. The quantitative estimate of drug-likeness (QED) is 0.566. The van der Waals surface area contributed by atoms with Gasteiger partial charge in [-0.05, 0) is 12.1 Å². The summed E-state index contributed by atoms with van der Waals surface area (Å²) in [5.41, 5.74) is -1.22. The fraction of sp³-hybridized carbons (Fsp3) is 0.167. The van der Waals surface area contributed by atoms with Crippen molar-refractivity contribution in [3.63, 3.8) is 0 Å². The lowest BCUT2D eigenvalue weighted by Crippen LogP contribution is -1.84.